The van der Waals surface area contributed by atoms with E-state index in [1.165, 1.54) is 39.0 Å². The van der Waals surface area contributed by atoms with Crippen molar-refractivity contribution in [3.63, 3.8) is 0 Å². The highest BCUT2D eigenvalue weighted by Crippen LogP contribution is 2.47. The molecule has 0 aromatic heterocycles. The molecule has 2 saturated heterocycles. The maximum Gasteiger partial charge on any atom is 0.0125 e. The molecule has 2 saturated carbocycles. The van der Waals surface area contributed by atoms with Gasteiger partial charge in [0.15, 0.2) is 0 Å². The lowest BCUT2D eigenvalue weighted by Crippen LogP contribution is -2.40. The monoisotopic (exact) mass is 310 g/mol. The summed E-state index contributed by atoms with van der Waals surface area (Å²) in [6, 6.07) is 0. The Morgan fingerprint density at radius 2 is 0.773 bits per heavy atom. The van der Waals surface area contributed by atoms with E-state index in [1.807, 2.05) is 0 Å². The highest BCUT2D eigenvalue weighted by Gasteiger charge is 2.48. The average Bonchev–Trinajstić information content (AvgIpc) is 3.14. The Labute approximate surface area is 140 Å². The predicted molar refractivity (Wildman–Crippen MR) is 99.3 cm³/mol. The third-order valence-electron chi connectivity index (χ3n) is 5.86. The van der Waals surface area contributed by atoms with Crippen molar-refractivity contribution in [3.8, 4) is 0 Å². The second-order valence-corrected chi connectivity index (χ2v) is 9.66. The molecule has 0 aromatic rings. The molecule has 2 heteroatoms. The van der Waals surface area contributed by atoms with E-state index in [1.54, 1.807) is 0 Å². The van der Waals surface area contributed by atoms with Crippen molar-refractivity contribution >= 4 is 0 Å². The first-order valence-corrected chi connectivity index (χ1v) is 8.64. The number of rotatable bonds is 0. The zero-order valence-electron chi connectivity index (χ0n) is 14.4. The van der Waals surface area contributed by atoms with Gasteiger partial charge >= 0.3 is 0 Å². The smallest absolute Gasteiger partial charge is 0.0125 e. The van der Waals surface area contributed by atoms with Gasteiger partial charge in [-0.05, 0) is 78.1 Å². The van der Waals surface area contributed by atoms with Crippen LogP contribution in [0, 0.1) is 23.7 Å². The molecule has 0 unspecified atom stereocenters. The molecule has 4 aliphatic rings. The van der Waals surface area contributed by atoms with Gasteiger partial charge in [0.1, 0.15) is 0 Å². The summed E-state index contributed by atoms with van der Waals surface area (Å²) in [4.78, 5) is 5.23. The summed E-state index contributed by atoms with van der Waals surface area (Å²) in [5.41, 5.74) is 0.848. The van der Waals surface area contributed by atoms with Crippen molar-refractivity contribution < 1.29 is 0 Å². The maximum absolute atomic E-state index is 2.62. The van der Waals surface area contributed by atoms with Crippen LogP contribution < -0.4 is 0 Å². The Kier molecular flexibility index (Phi) is 5.84. The Balaban J connectivity index is 0.000000202. The molecular formula is C20H42N2. The Morgan fingerprint density at radius 1 is 0.545 bits per heavy atom. The molecule has 0 bridgehead atoms. The van der Waals surface area contributed by atoms with E-state index in [2.05, 4.69) is 51.3 Å². The summed E-state index contributed by atoms with van der Waals surface area (Å²) in [5.74, 6) is 4.33. The van der Waals surface area contributed by atoms with Crippen LogP contribution >= 0.6 is 0 Å². The van der Waals surface area contributed by atoms with Crippen LogP contribution in [0.2, 0.25) is 0 Å². The van der Waals surface area contributed by atoms with E-state index < -0.39 is 0 Å². The van der Waals surface area contributed by atoms with Crippen LogP contribution in [0.4, 0.5) is 0 Å². The molecule has 2 aliphatic carbocycles. The largest absolute Gasteiger partial charge is 0.298 e. The van der Waals surface area contributed by atoms with Crippen LogP contribution in [-0.4, -0.2) is 47.1 Å². The topological polar surface area (TPSA) is 6.48 Å². The van der Waals surface area contributed by atoms with E-state index in [-0.39, 0.29) is 14.9 Å². The number of likely N-dealkylation sites (tertiary alicyclic amines) is 2. The third-order valence-corrected chi connectivity index (χ3v) is 5.86. The van der Waals surface area contributed by atoms with Crippen molar-refractivity contribution in [1.82, 2.24) is 9.80 Å². The molecular weight excluding hydrogens is 268 g/mol. The molecule has 0 spiro atoms. The van der Waals surface area contributed by atoms with Crippen molar-refractivity contribution in [2.24, 2.45) is 23.7 Å². The van der Waals surface area contributed by atoms with E-state index in [0.717, 1.165) is 23.7 Å². The first-order valence-electron chi connectivity index (χ1n) is 8.64. The van der Waals surface area contributed by atoms with Crippen molar-refractivity contribution in [3.05, 3.63) is 0 Å². The molecule has 0 amide bonds. The fourth-order valence-electron chi connectivity index (χ4n) is 3.89. The summed E-state index contributed by atoms with van der Waals surface area (Å²) in [6.07, 6.45) is 3.04. The van der Waals surface area contributed by atoms with Gasteiger partial charge in [0.25, 0.3) is 0 Å². The fraction of sp³-hybridized carbons (Fsp3) is 1.00. The van der Waals surface area contributed by atoms with Gasteiger partial charge in [0.2, 0.25) is 0 Å². The molecule has 0 radical (unpaired) electrons. The quantitative estimate of drug-likeness (QED) is 0.637. The molecule has 132 valence electrons. The van der Waals surface area contributed by atoms with Crippen LogP contribution in [0.1, 0.15) is 69.2 Å². The molecule has 0 aromatic carbocycles. The average molecular weight is 311 g/mol. The third kappa shape index (κ3) is 4.47. The molecule has 0 N–H and O–H groups in total. The van der Waals surface area contributed by atoms with Gasteiger partial charge in [0, 0.05) is 37.3 Å². The van der Waals surface area contributed by atoms with Crippen LogP contribution in [0.3, 0.4) is 0 Å². The van der Waals surface area contributed by atoms with Crippen molar-refractivity contribution in [2.75, 3.05) is 26.2 Å². The summed E-state index contributed by atoms with van der Waals surface area (Å²) >= 11 is 0. The van der Waals surface area contributed by atoms with Gasteiger partial charge in [-0.3, -0.25) is 9.80 Å². The highest BCUT2D eigenvalue weighted by molar-refractivity contribution is 5.00. The number of piperidine rings is 2. The molecule has 2 nitrogen and oxygen atoms in total. The number of hydrogen-bond acceptors (Lipinski definition) is 2. The Bertz CT molecular complexity index is 307. The summed E-state index contributed by atoms with van der Waals surface area (Å²) < 4.78 is 0. The maximum atomic E-state index is 2.62. The van der Waals surface area contributed by atoms with Gasteiger partial charge in [-0.2, -0.15) is 0 Å². The minimum Gasteiger partial charge on any atom is -0.298 e. The van der Waals surface area contributed by atoms with E-state index in [9.17, 15) is 0 Å². The summed E-state index contributed by atoms with van der Waals surface area (Å²) in [6.45, 7) is 19.4. The van der Waals surface area contributed by atoms with Crippen LogP contribution in [0.5, 0.6) is 0 Å². The molecule has 4 fully saturated rings. The number of hydrogen-bond donors (Lipinski definition) is 0. The van der Waals surface area contributed by atoms with Gasteiger partial charge in [-0.15, -0.1) is 0 Å². The normalized spacial score (nSPS) is 36.3. The standard InChI is InChI=1S/2C9H17N.2CH4/c2*1-9(2,3)10-5-7-4-8(7)6-10;;/h2*7-8H,4-6H2,1-3H3;2*1H4/t2*7-,8+;;. The minimum absolute atomic E-state index is 0. The van der Waals surface area contributed by atoms with Crippen molar-refractivity contribution in [1.29, 1.82) is 0 Å². The second-order valence-electron chi connectivity index (χ2n) is 9.66. The van der Waals surface area contributed by atoms with E-state index in [0.29, 0.717) is 11.1 Å². The molecule has 2 heterocycles. The van der Waals surface area contributed by atoms with E-state index >= 15 is 0 Å². The van der Waals surface area contributed by atoms with Crippen LogP contribution in [0.25, 0.3) is 0 Å². The second kappa shape index (κ2) is 6.43. The zero-order chi connectivity index (χ0) is 14.7. The highest BCUT2D eigenvalue weighted by atomic mass is 15.2. The molecule has 4 rings (SSSR count). The SMILES string of the molecule is C.C.CC(C)(C)N1C[C@H]2C[C@H]2C1.CC(C)(C)N1C[C@H]2C[C@H]2C1. The lowest BCUT2D eigenvalue weighted by Gasteiger charge is -2.32. The first kappa shape index (κ1) is 20.0. The van der Waals surface area contributed by atoms with Gasteiger partial charge in [0.05, 0.1) is 0 Å². The van der Waals surface area contributed by atoms with Crippen molar-refractivity contribution in [2.45, 2.75) is 80.3 Å². The fourth-order valence-corrected chi connectivity index (χ4v) is 3.89. The lowest BCUT2D eigenvalue weighted by molar-refractivity contribution is 0.156. The van der Waals surface area contributed by atoms with Crippen LogP contribution in [0.15, 0.2) is 0 Å². The number of nitrogens with zero attached hydrogens (tertiary/aromatic N) is 2. The molecule has 2 aliphatic heterocycles. The Hall–Kier alpha value is -0.0800. The van der Waals surface area contributed by atoms with Gasteiger partial charge < -0.3 is 0 Å². The summed E-state index contributed by atoms with van der Waals surface area (Å²) in [7, 11) is 0. The molecule has 22 heavy (non-hydrogen) atoms. The first-order chi connectivity index (χ1) is 9.14. The minimum atomic E-state index is 0. The van der Waals surface area contributed by atoms with E-state index in [4.69, 9.17) is 0 Å². The van der Waals surface area contributed by atoms with Gasteiger partial charge in [-0.1, -0.05) is 14.9 Å². The Morgan fingerprint density at radius 3 is 0.909 bits per heavy atom. The lowest BCUT2D eigenvalue weighted by atomic mass is 10.1. The van der Waals surface area contributed by atoms with Gasteiger partial charge in [-0.25, -0.2) is 0 Å². The molecule has 4 atom stereocenters. The van der Waals surface area contributed by atoms with Crippen LogP contribution in [-0.2, 0) is 0 Å². The number of fused-ring (bicyclic) bond motifs is 2. The predicted octanol–water partition coefficient (Wildman–Crippen LogP) is 4.75. The zero-order valence-corrected chi connectivity index (χ0v) is 14.4. The summed E-state index contributed by atoms with van der Waals surface area (Å²) in [5, 5.41) is 0.